The van der Waals surface area contributed by atoms with E-state index >= 15 is 0 Å². The fourth-order valence-corrected chi connectivity index (χ4v) is 3.52. The van der Waals surface area contributed by atoms with Crippen molar-refractivity contribution >= 4 is 17.7 Å². The maximum absolute atomic E-state index is 12.1. The predicted octanol–water partition coefficient (Wildman–Crippen LogP) is 4.00. The Bertz CT molecular complexity index is 401. The van der Waals surface area contributed by atoms with E-state index in [-0.39, 0.29) is 11.2 Å². The van der Waals surface area contributed by atoms with Crippen LogP contribution in [0, 0.1) is 5.92 Å². The third-order valence-corrected chi connectivity index (χ3v) is 5.22. The lowest BCUT2D eigenvalue weighted by Gasteiger charge is -2.22. The van der Waals surface area contributed by atoms with Gasteiger partial charge in [-0.05, 0) is 31.2 Å². The van der Waals surface area contributed by atoms with Crippen LogP contribution in [0.5, 0.6) is 0 Å². The number of hydrogen-bond donors (Lipinski definition) is 1. The van der Waals surface area contributed by atoms with Gasteiger partial charge in [-0.25, -0.2) is 0 Å². The molecule has 110 valence electrons. The van der Waals surface area contributed by atoms with Crippen molar-refractivity contribution in [1.82, 2.24) is 5.32 Å². The van der Waals surface area contributed by atoms with Gasteiger partial charge in [-0.2, -0.15) is 0 Å². The van der Waals surface area contributed by atoms with Gasteiger partial charge in [-0.1, -0.05) is 49.6 Å². The van der Waals surface area contributed by atoms with Crippen LogP contribution in [-0.2, 0) is 10.5 Å². The van der Waals surface area contributed by atoms with Crippen molar-refractivity contribution in [2.75, 3.05) is 6.54 Å². The molecule has 1 aliphatic rings. The highest BCUT2D eigenvalue weighted by atomic mass is 32.2. The van der Waals surface area contributed by atoms with Crippen molar-refractivity contribution in [2.24, 2.45) is 5.92 Å². The van der Waals surface area contributed by atoms with Crippen LogP contribution in [0.25, 0.3) is 0 Å². The van der Waals surface area contributed by atoms with Crippen molar-refractivity contribution in [3.05, 3.63) is 35.9 Å². The summed E-state index contributed by atoms with van der Waals surface area (Å²) in [6.07, 6.45) is 6.60. The topological polar surface area (TPSA) is 29.1 Å². The first-order chi connectivity index (χ1) is 9.75. The summed E-state index contributed by atoms with van der Waals surface area (Å²) < 4.78 is 0. The molecular formula is C17H25NOS. The molecule has 1 atom stereocenters. The molecule has 0 aliphatic heterocycles. The SMILES string of the molecule is C[C@@H](SCc1ccccc1)C(=O)NCC1CCCCC1. The second-order valence-corrected chi connectivity index (χ2v) is 7.02. The Balaban J connectivity index is 1.66. The highest BCUT2D eigenvalue weighted by Gasteiger charge is 2.17. The second kappa shape index (κ2) is 8.35. The fourth-order valence-electron chi connectivity index (χ4n) is 2.65. The zero-order valence-corrected chi connectivity index (χ0v) is 13.1. The minimum atomic E-state index is 0.0267. The number of thioether (sulfide) groups is 1. The van der Waals surface area contributed by atoms with Crippen molar-refractivity contribution in [2.45, 2.75) is 50.0 Å². The third kappa shape index (κ3) is 5.20. The van der Waals surface area contributed by atoms with Gasteiger partial charge in [0.15, 0.2) is 0 Å². The third-order valence-electron chi connectivity index (χ3n) is 4.00. The van der Waals surface area contributed by atoms with E-state index in [1.165, 1.54) is 37.7 Å². The Labute approximate surface area is 126 Å². The number of nitrogens with one attached hydrogen (secondary N) is 1. The first-order valence-corrected chi connectivity index (χ1v) is 8.74. The molecular weight excluding hydrogens is 266 g/mol. The van der Waals surface area contributed by atoms with Crippen LogP contribution in [0.15, 0.2) is 30.3 Å². The number of carbonyl (C=O) groups excluding carboxylic acids is 1. The summed E-state index contributed by atoms with van der Waals surface area (Å²) >= 11 is 1.71. The van der Waals surface area contributed by atoms with Crippen LogP contribution in [0.1, 0.15) is 44.6 Å². The molecule has 0 heterocycles. The standard InChI is InChI=1S/C17H25NOS/c1-14(20-13-16-10-6-3-7-11-16)17(19)18-12-15-8-4-2-5-9-15/h3,6-7,10-11,14-15H,2,4-5,8-9,12-13H2,1H3,(H,18,19)/t14-/m1/s1. The number of amides is 1. The molecule has 1 fully saturated rings. The predicted molar refractivity (Wildman–Crippen MR) is 86.8 cm³/mol. The summed E-state index contributed by atoms with van der Waals surface area (Å²) in [5.74, 6) is 1.80. The first-order valence-electron chi connectivity index (χ1n) is 7.69. The molecule has 1 N–H and O–H groups in total. The van der Waals surface area contributed by atoms with E-state index in [4.69, 9.17) is 0 Å². The van der Waals surface area contributed by atoms with E-state index in [1.807, 2.05) is 25.1 Å². The summed E-state index contributed by atoms with van der Waals surface area (Å²) in [5.41, 5.74) is 1.28. The Hall–Kier alpha value is -0.960. The van der Waals surface area contributed by atoms with Crippen LogP contribution in [-0.4, -0.2) is 17.7 Å². The number of carbonyl (C=O) groups is 1. The Morgan fingerprint density at radius 2 is 1.95 bits per heavy atom. The van der Waals surface area contributed by atoms with Gasteiger partial charge in [0.05, 0.1) is 5.25 Å². The summed E-state index contributed by atoms with van der Waals surface area (Å²) in [6.45, 7) is 2.87. The van der Waals surface area contributed by atoms with Gasteiger partial charge in [0.25, 0.3) is 0 Å². The minimum absolute atomic E-state index is 0.0267. The lowest BCUT2D eigenvalue weighted by Crippen LogP contribution is -2.35. The maximum Gasteiger partial charge on any atom is 0.232 e. The van der Waals surface area contributed by atoms with Crippen LogP contribution in [0.4, 0.5) is 0 Å². The summed E-state index contributed by atoms with van der Waals surface area (Å²) in [7, 11) is 0. The zero-order valence-electron chi connectivity index (χ0n) is 12.3. The van der Waals surface area contributed by atoms with Crippen LogP contribution in [0.3, 0.4) is 0 Å². The molecule has 1 saturated carbocycles. The van der Waals surface area contributed by atoms with Gasteiger partial charge >= 0.3 is 0 Å². The Morgan fingerprint density at radius 1 is 1.25 bits per heavy atom. The van der Waals surface area contributed by atoms with E-state index < -0.39 is 0 Å². The highest BCUT2D eigenvalue weighted by molar-refractivity contribution is 7.99. The van der Waals surface area contributed by atoms with E-state index in [9.17, 15) is 4.79 Å². The number of hydrogen-bond acceptors (Lipinski definition) is 2. The highest BCUT2D eigenvalue weighted by Crippen LogP contribution is 2.23. The second-order valence-electron chi connectivity index (χ2n) is 5.69. The van der Waals surface area contributed by atoms with Crippen molar-refractivity contribution in [1.29, 1.82) is 0 Å². The molecule has 0 aromatic heterocycles. The monoisotopic (exact) mass is 291 g/mol. The normalized spacial score (nSPS) is 17.6. The van der Waals surface area contributed by atoms with Crippen LogP contribution >= 0.6 is 11.8 Å². The summed E-state index contributed by atoms with van der Waals surface area (Å²) in [4.78, 5) is 12.1. The largest absolute Gasteiger partial charge is 0.355 e. The molecule has 0 radical (unpaired) electrons. The number of benzene rings is 1. The van der Waals surface area contributed by atoms with E-state index in [2.05, 4.69) is 17.4 Å². The van der Waals surface area contributed by atoms with Gasteiger partial charge < -0.3 is 5.32 Å². The van der Waals surface area contributed by atoms with Gasteiger partial charge in [-0.15, -0.1) is 11.8 Å². The van der Waals surface area contributed by atoms with Gasteiger partial charge in [0.1, 0.15) is 0 Å². The molecule has 0 unspecified atom stereocenters. The molecule has 20 heavy (non-hydrogen) atoms. The molecule has 1 aromatic carbocycles. The molecule has 0 bridgehead atoms. The Kier molecular flexibility index (Phi) is 6.44. The van der Waals surface area contributed by atoms with E-state index in [1.54, 1.807) is 11.8 Å². The molecule has 0 spiro atoms. The van der Waals surface area contributed by atoms with Crippen molar-refractivity contribution in [3.63, 3.8) is 0 Å². The summed E-state index contributed by atoms with van der Waals surface area (Å²) in [6, 6.07) is 10.3. The Morgan fingerprint density at radius 3 is 2.65 bits per heavy atom. The lowest BCUT2D eigenvalue weighted by atomic mass is 9.89. The van der Waals surface area contributed by atoms with E-state index in [0.717, 1.165) is 12.3 Å². The molecule has 2 nitrogen and oxygen atoms in total. The van der Waals surface area contributed by atoms with Gasteiger partial charge in [-0.3, -0.25) is 4.79 Å². The molecule has 1 amide bonds. The van der Waals surface area contributed by atoms with Gasteiger partial charge in [0, 0.05) is 12.3 Å². The first kappa shape index (κ1) is 15.4. The van der Waals surface area contributed by atoms with Crippen molar-refractivity contribution < 1.29 is 4.79 Å². The van der Waals surface area contributed by atoms with E-state index in [0.29, 0.717) is 5.92 Å². The van der Waals surface area contributed by atoms with Crippen LogP contribution in [0.2, 0.25) is 0 Å². The fraction of sp³-hybridized carbons (Fsp3) is 0.588. The maximum atomic E-state index is 12.1. The smallest absolute Gasteiger partial charge is 0.232 e. The number of rotatable bonds is 6. The molecule has 3 heteroatoms. The van der Waals surface area contributed by atoms with Gasteiger partial charge in [0.2, 0.25) is 5.91 Å². The minimum Gasteiger partial charge on any atom is -0.355 e. The zero-order chi connectivity index (χ0) is 14.2. The molecule has 2 rings (SSSR count). The molecule has 1 aliphatic carbocycles. The quantitative estimate of drug-likeness (QED) is 0.858. The molecule has 0 saturated heterocycles. The molecule has 1 aromatic rings. The lowest BCUT2D eigenvalue weighted by molar-refractivity contribution is -0.120. The van der Waals surface area contributed by atoms with Crippen molar-refractivity contribution in [3.8, 4) is 0 Å². The summed E-state index contributed by atoms with van der Waals surface area (Å²) in [5, 5.41) is 3.16. The average Bonchev–Trinajstić information content (AvgIpc) is 2.52. The van der Waals surface area contributed by atoms with Crippen LogP contribution < -0.4 is 5.32 Å². The average molecular weight is 291 g/mol.